The molecule has 0 fully saturated rings. The zero-order chi connectivity index (χ0) is 17.2. The fourth-order valence-corrected chi connectivity index (χ4v) is 3.52. The summed E-state index contributed by atoms with van der Waals surface area (Å²) < 4.78 is 0. The van der Waals surface area contributed by atoms with Gasteiger partial charge in [0.25, 0.3) is 0 Å². The highest BCUT2D eigenvalue weighted by atomic mass is 15.2. The molecule has 2 unspecified atom stereocenters. The smallest absolute Gasteiger partial charge is 0.0848 e. The summed E-state index contributed by atoms with van der Waals surface area (Å²) in [6.45, 7) is 13.7. The van der Waals surface area contributed by atoms with Gasteiger partial charge in [0.2, 0.25) is 0 Å². The molecule has 22 heavy (non-hydrogen) atoms. The van der Waals surface area contributed by atoms with Gasteiger partial charge < -0.3 is 10.6 Å². The highest BCUT2D eigenvalue weighted by molar-refractivity contribution is 4.99. The lowest BCUT2D eigenvalue weighted by Crippen LogP contribution is -2.70. The first-order chi connectivity index (χ1) is 10.2. The number of hydrogen-bond donors (Lipinski definition) is 3. The van der Waals surface area contributed by atoms with E-state index in [0.29, 0.717) is 12.0 Å². The standard InChI is InChI=1S/C19H43N3/c1-9-10-11-12-13-14-17(20-7)19(21-8,15-16(2)3)22-18(4,5)6/h16-17,20-22H,9-15H2,1-8H3. The summed E-state index contributed by atoms with van der Waals surface area (Å²) in [5.41, 5.74) is 0.0428. The first kappa shape index (κ1) is 21.9. The summed E-state index contributed by atoms with van der Waals surface area (Å²) in [6.07, 6.45) is 9.05. The molecule has 0 spiro atoms. The van der Waals surface area contributed by atoms with E-state index in [1.807, 2.05) is 0 Å². The van der Waals surface area contributed by atoms with Gasteiger partial charge in [-0.3, -0.25) is 5.32 Å². The predicted molar refractivity (Wildman–Crippen MR) is 100 cm³/mol. The minimum atomic E-state index is -0.0497. The van der Waals surface area contributed by atoms with Gasteiger partial charge in [0, 0.05) is 11.6 Å². The maximum atomic E-state index is 3.88. The second-order valence-electron chi connectivity index (χ2n) is 8.24. The zero-order valence-corrected chi connectivity index (χ0v) is 16.6. The van der Waals surface area contributed by atoms with E-state index < -0.39 is 0 Å². The molecule has 3 nitrogen and oxygen atoms in total. The predicted octanol–water partition coefficient (Wildman–Crippen LogP) is 4.28. The van der Waals surface area contributed by atoms with Crippen molar-refractivity contribution in [3.05, 3.63) is 0 Å². The normalized spacial score (nSPS) is 16.8. The van der Waals surface area contributed by atoms with Crippen LogP contribution in [-0.4, -0.2) is 31.3 Å². The Labute approximate surface area is 140 Å². The first-order valence-corrected chi connectivity index (χ1v) is 9.36. The van der Waals surface area contributed by atoms with Gasteiger partial charge in [-0.05, 0) is 53.6 Å². The number of likely N-dealkylation sites (N-methyl/N-ethyl adjacent to an activating group) is 2. The van der Waals surface area contributed by atoms with E-state index >= 15 is 0 Å². The molecule has 0 aromatic carbocycles. The third-order valence-corrected chi connectivity index (χ3v) is 4.31. The largest absolute Gasteiger partial charge is 0.314 e. The highest BCUT2D eigenvalue weighted by Gasteiger charge is 2.39. The second-order valence-corrected chi connectivity index (χ2v) is 8.24. The van der Waals surface area contributed by atoms with Crippen LogP contribution in [0, 0.1) is 5.92 Å². The molecule has 0 bridgehead atoms. The molecule has 0 saturated heterocycles. The van der Waals surface area contributed by atoms with Crippen molar-refractivity contribution in [2.75, 3.05) is 14.1 Å². The van der Waals surface area contributed by atoms with E-state index in [9.17, 15) is 0 Å². The van der Waals surface area contributed by atoms with E-state index in [0.717, 1.165) is 6.42 Å². The molecule has 0 radical (unpaired) electrons. The van der Waals surface area contributed by atoms with Crippen LogP contribution in [0.3, 0.4) is 0 Å². The molecule has 3 heteroatoms. The van der Waals surface area contributed by atoms with Crippen LogP contribution in [0.1, 0.15) is 86.5 Å². The van der Waals surface area contributed by atoms with E-state index in [1.165, 1.54) is 38.5 Å². The minimum Gasteiger partial charge on any atom is -0.314 e. The topological polar surface area (TPSA) is 36.1 Å². The third kappa shape index (κ3) is 8.50. The SMILES string of the molecule is CCCCCCCC(NC)C(CC(C)C)(NC)NC(C)(C)C. The Kier molecular flexibility index (Phi) is 10.6. The van der Waals surface area contributed by atoms with Gasteiger partial charge in [-0.2, -0.15) is 0 Å². The monoisotopic (exact) mass is 313 g/mol. The average molecular weight is 314 g/mol. The molecule has 0 aliphatic carbocycles. The van der Waals surface area contributed by atoms with E-state index in [4.69, 9.17) is 0 Å². The van der Waals surface area contributed by atoms with Crippen molar-refractivity contribution in [1.82, 2.24) is 16.0 Å². The van der Waals surface area contributed by atoms with Gasteiger partial charge in [-0.25, -0.2) is 0 Å². The molecule has 0 aliphatic rings. The number of nitrogens with one attached hydrogen (secondary N) is 3. The van der Waals surface area contributed by atoms with E-state index in [1.54, 1.807) is 0 Å². The van der Waals surface area contributed by atoms with Crippen molar-refractivity contribution in [2.24, 2.45) is 5.92 Å². The Morgan fingerprint density at radius 1 is 0.909 bits per heavy atom. The Morgan fingerprint density at radius 3 is 1.91 bits per heavy atom. The molecule has 0 aromatic rings. The highest BCUT2D eigenvalue weighted by Crippen LogP contribution is 2.25. The maximum absolute atomic E-state index is 3.88. The van der Waals surface area contributed by atoms with Crippen molar-refractivity contribution in [3.8, 4) is 0 Å². The molecule has 0 amide bonds. The fraction of sp³-hybridized carbons (Fsp3) is 1.00. The molecule has 0 aliphatic heterocycles. The van der Waals surface area contributed by atoms with Gasteiger partial charge in [0.1, 0.15) is 0 Å². The van der Waals surface area contributed by atoms with Crippen LogP contribution in [0.2, 0.25) is 0 Å². The maximum Gasteiger partial charge on any atom is 0.0848 e. The molecule has 2 atom stereocenters. The molecule has 3 N–H and O–H groups in total. The van der Waals surface area contributed by atoms with Gasteiger partial charge >= 0.3 is 0 Å². The third-order valence-electron chi connectivity index (χ3n) is 4.31. The lowest BCUT2D eigenvalue weighted by molar-refractivity contribution is 0.118. The fourth-order valence-electron chi connectivity index (χ4n) is 3.52. The van der Waals surface area contributed by atoms with Crippen molar-refractivity contribution in [1.29, 1.82) is 0 Å². The minimum absolute atomic E-state index is 0.0497. The van der Waals surface area contributed by atoms with E-state index in [2.05, 4.69) is 71.6 Å². The Morgan fingerprint density at radius 2 is 1.50 bits per heavy atom. The number of rotatable bonds is 12. The van der Waals surface area contributed by atoms with Crippen LogP contribution in [0.5, 0.6) is 0 Å². The number of unbranched alkanes of at least 4 members (excludes halogenated alkanes) is 4. The van der Waals surface area contributed by atoms with Gasteiger partial charge in [0.05, 0.1) is 5.66 Å². The molecule has 0 saturated carbocycles. The van der Waals surface area contributed by atoms with Crippen LogP contribution in [0.15, 0.2) is 0 Å². The first-order valence-electron chi connectivity index (χ1n) is 9.36. The zero-order valence-electron chi connectivity index (χ0n) is 16.6. The van der Waals surface area contributed by atoms with Crippen LogP contribution in [0.4, 0.5) is 0 Å². The lowest BCUT2D eigenvalue weighted by Gasteiger charge is -2.47. The summed E-state index contributed by atoms with van der Waals surface area (Å²) in [5, 5.41) is 11.1. The number of hydrogen-bond acceptors (Lipinski definition) is 3. The molecule has 0 rings (SSSR count). The second kappa shape index (κ2) is 10.6. The van der Waals surface area contributed by atoms with Crippen LogP contribution < -0.4 is 16.0 Å². The van der Waals surface area contributed by atoms with Gasteiger partial charge in [-0.15, -0.1) is 0 Å². The van der Waals surface area contributed by atoms with Crippen LogP contribution in [-0.2, 0) is 0 Å². The van der Waals surface area contributed by atoms with Crippen LogP contribution >= 0.6 is 0 Å². The quantitative estimate of drug-likeness (QED) is 0.372. The molecule has 134 valence electrons. The molecular weight excluding hydrogens is 270 g/mol. The molecule has 0 aromatic heterocycles. The van der Waals surface area contributed by atoms with Crippen LogP contribution in [0.25, 0.3) is 0 Å². The summed E-state index contributed by atoms with van der Waals surface area (Å²) in [7, 11) is 4.20. The summed E-state index contributed by atoms with van der Waals surface area (Å²) in [6, 6.07) is 0.445. The Balaban J connectivity index is 4.90. The summed E-state index contributed by atoms with van der Waals surface area (Å²) >= 11 is 0. The Bertz CT molecular complexity index is 270. The van der Waals surface area contributed by atoms with Gasteiger partial charge in [-0.1, -0.05) is 52.9 Å². The van der Waals surface area contributed by atoms with Crippen molar-refractivity contribution in [2.45, 2.75) is 104 Å². The van der Waals surface area contributed by atoms with Gasteiger partial charge in [0.15, 0.2) is 0 Å². The summed E-state index contributed by atoms with van der Waals surface area (Å²) in [4.78, 5) is 0. The van der Waals surface area contributed by atoms with E-state index in [-0.39, 0.29) is 11.2 Å². The van der Waals surface area contributed by atoms with Crippen molar-refractivity contribution >= 4 is 0 Å². The lowest BCUT2D eigenvalue weighted by atomic mass is 9.85. The Hall–Kier alpha value is -0.120. The van der Waals surface area contributed by atoms with Crippen molar-refractivity contribution in [3.63, 3.8) is 0 Å². The molecular formula is C19H43N3. The summed E-state index contributed by atoms with van der Waals surface area (Å²) in [5.74, 6) is 0.651. The molecule has 0 heterocycles. The average Bonchev–Trinajstić information content (AvgIpc) is 2.39. The van der Waals surface area contributed by atoms with Crippen molar-refractivity contribution < 1.29 is 0 Å².